The zero-order valence-electron chi connectivity index (χ0n) is 11.1. The van der Waals surface area contributed by atoms with Crippen molar-refractivity contribution in [3.8, 4) is 5.75 Å². The molecule has 0 aliphatic heterocycles. The van der Waals surface area contributed by atoms with Crippen molar-refractivity contribution in [1.82, 2.24) is 0 Å². The number of rotatable bonds is 6. The summed E-state index contributed by atoms with van der Waals surface area (Å²) >= 11 is 0. The first-order valence-electron chi connectivity index (χ1n) is 6.00. The summed E-state index contributed by atoms with van der Waals surface area (Å²) in [4.78, 5) is 22.3. The Morgan fingerprint density at radius 2 is 1.95 bits per heavy atom. The minimum atomic E-state index is -4.88. The van der Waals surface area contributed by atoms with Crippen LogP contribution in [0, 0.1) is 0 Å². The Morgan fingerprint density at radius 1 is 1.29 bits per heavy atom. The molecule has 21 heavy (non-hydrogen) atoms. The molecule has 0 spiro atoms. The minimum Gasteiger partial charge on any atom is -0.481 e. The van der Waals surface area contributed by atoms with Gasteiger partial charge in [0.1, 0.15) is 5.75 Å². The SMILES string of the molecule is CCOC(=O)c1cc(OC(F)(F)F)ccc1CCC(=O)O. The number of esters is 1. The number of benzene rings is 1. The molecule has 0 saturated carbocycles. The predicted molar refractivity (Wildman–Crippen MR) is 65.0 cm³/mol. The molecule has 0 unspecified atom stereocenters. The molecule has 0 aliphatic carbocycles. The van der Waals surface area contributed by atoms with E-state index in [2.05, 4.69) is 4.74 Å². The molecule has 8 heteroatoms. The van der Waals surface area contributed by atoms with Crippen LogP contribution in [0.2, 0.25) is 0 Å². The first kappa shape index (κ1) is 16.8. The molecular weight excluding hydrogens is 293 g/mol. The number of alkyl halides is 3. The van der Waals surface area contributed by atoms with Crippen molar-refractivity contribution in [2.75, 3.05) is 6.61 Å². The van der Waals surface area contributed by atoms with Gasteiger partial charge < -0.3 is 14.6 Å². The summed E-state index contributed by atoms with van der Waals surface area (Å²) in [6.07, 6.45) is -5.14. The maximum atomic E-state index is 12.2. The van der Waals surface area contributed by atoms with Crippen molar-refractivity contribution in [3.05, 3.63) is 29.3 Å². The summed E-state index contributed by atoms with van der Waals surface area (Å²) in [5.41, 5.74) is 0.144. The third-order valence-electron chi connectivity index (χ3n) is 2.42. The smallest absolute Gasteiger partial charge is 0.481 e. The van der Waals surface area contributed by atoms with Crippen LogP contribution in [0.5, 0.6) is 5.75 Å². The van der Waals surface area contributed by atoms with Crippen LogP contribution >= 0.6 is 0 Å². The fraction of sp³-hybridized carbons (Fsp3) is 0.385. The van der Waals surface area contributed by atoms with Crippen LogP contribution in [-0.4, -0.2) is 30.0 Å². The lowest BCUT2D eigenvalue weighted by Gasteiger charge is -2.12. The lowest BCUT2D eigenvalue weighted by Crippen LogP contribution is -2.18. The number of halogens is 3. The fourth-order valence-corrected chi connectivity index (χ4v) is 1.61. The van der Waals surface area contributed by atoms with Crippen molar-refractivity contribution in [1.29, 1.82) is 0 Å². The Balaban J connectivity index is 3.07. The molecule has 1 aromatic carbocycles. The van der Waals surface area contributed by atoms with E-state index in [4.69, 9.17) is 9.84 Å². The van der Waals surface area contributed by atoms with Crippen molar-refractivity contribution >= 4 is 11.9 Å². The van der Waals surface area contributed by atoms with Crippen molar-refractivity contribution in [2.45, 2.75) is 26.1 Å². The van der Waals surface area contributed by atoms with E-state index in [1.165, 1.54) is 6.07 Å². The molecular formula is C13H13F3O5. The van der Waals surface area contributed by atoms with Crippen LogP contribution in [0.4, 0.5) is 13.2 Å². The van der Waals surface area contributed by atoms with Gasteiger partial charge in [0.2, 0.25) is 0 Å². The van der Waals surface area contributed by atoms with E-state index in [1.54, 1.807) is 6.92 Å². The van der Waals surface area contributed by atoms with Crippen LogP contribution in [0.15, 0.2) is 18.2 Å². The number of carboxylic acid groups (broad SMARTS) is 1. The zero-order chi connectivity index (χ0) is 16.0. The third kappa shape index (κ3) is 5.72. The molecule has 116 valence electrons. The maximum absolute atomic E-state index is 12.2. The van der Waals surface area contributed by atoms with Gasteiger partial charge in [0.05, 0.1) is 12.2 Å². The van der Waals surface area contributed by atoms with Crippen molar-refractivity contribution in [3.63, 3.8) is 0 Å². The van der Waals surface area contributed by atoms with Gasteiger partial charge in [-0.3, -0.25) is 4.79 Å². The normalized spacial score (nSPS) is 11.0. The van der Waals surface area contributed by atoms with Gasteiger partial charge in [0.25, 0.3) is 0 Å². The summed E-state index contributed by atoms with van der Waals surface area (Å²) in [6.45, 7) is 1.59. The van der Waals surface area contributed by atoms with Gasteiger partial charge in [0, 0.05) is 6.42 Å². The molecule has 0 aliphatic rings. The molecule has 0 atom stereocenters. The number of ether oxygens (including phenoxy) is 2. The number of aryl methyl sites for hydroxylation is 1. The lowest BCUT2D eigenvalue weighted by atomic mass is 10.0. The van der Waals surface area contributed by atoms with E-state index in [9.17, 15) is 22.8 Å². The Bertz CT molecular complexity index is 525. The van der Waals surface area contributed by atoms with Crippen LogP contribution in [0.1, 0.15) is 29.3 Å². The van der Waals surface area contributed by atoms with Gasteiger partial charge in [0.15, 0.2) is 0 Å². The highest BCUT2D eigenvalue weighted by atomic mass is 19.4. The Morgan fingerprint density at radius 3 is 2.48 bits per heavy atom. The van der Waals surface area contributed by atoms with E-state index >= 15 is 0 Å². The Labute approximate surface area is 118 Å². The predicted octanol–water partition coefficient (Wildman–Crippen LogP) is 2.78. The van der Waals surface area contributed by atoms with Gasteiger partial charge in [-0.2, -0.15) is 0 Å². The second-order valence-electron chi connectivity index (χ2n) is 3.98. The molecule has 5 nitrogen and oxygen atoms in total. The lowest BCUT2D eigenvalue weighted by molar-refractivity contribution is -0.274. The van der Waals surface area contributed by atoms with Gasteiger partial charge in [-0.1, -0.05) is 6.07 Å². The van der Waals surface area contributed by atoms with E-state index in [0.29, 0.717) is 0 Å². The second-order valence-corrected chi connectivity index (χ2v) is 3.98. The quantitative estimate of drug-likeness (QED) is 0.818. The highest BCUT2D eigenvalue weighted by molar-refractivity contribution is 5.91. The van der Waals surface area contributed by atoms with E-state index in [1.807, 2.05) is 0 Å². The molecule has 0 bridgehead atoms. The van der Waals surface area contributed by atoms with Gasteiger partial charge in [-0.15, -0.1) is 13.2 Å². The molecule has 1 N–H and O–H groups in total. The molecule has 0 radical (unpaired) electrons. The Hall–Kier alpha value is -2.25. The third-order valence-corrected chi connectivity index (χ3v) is 2.42. The number of carboxylic acids is 1. The van der Waals surface area contributed by atoms with Gasteiger partial charge >= 0.3 is 18.3 Å². The molecule has 0 aromatic heterocycles. The Kier molecular flexibility index (Phi) is 5.57. The van der Waals surface area contributed by atoms with E-state index in [0.717, 1.165) is 12.1 Å². The number of aliphatic carboxylic acids is 1. The molecule has 1 rings (SSSR count). The summed E-state index contributed by atoms with van der Waals surface area (Å²) < 4.78 is 44.9. The highest BCUT2D eigenvalue weighted by Gasteiger charge is 2.31. The van der Waals surface area contributed by atoms with Gasteiger partial charge in [-0.25, -0.2) is 4.79 Å². The summed E-state index contributed by atoms with van der Waals surface area (Å²) in [5.74, 6) is -2.48. The summed E-state index contributed by atoms with van der Waals surface area (Å²) in [5, 5.41) is 8.63. The highest BCUT2D eigenvalue weighted by Crippen LogP contribution is 2.26. The van der Waals surface area contributed by atoms with E-state index < -0.39 is 24.1 Å². The molecule has 1 aromatic rings. The van der Waals surface area contributed by atoms with Crippen LogP contribution in [-0.2, 0) is 16.0 Å². The zero-order valence-corrected chi connectivity index (χ0v) is 11.1. The number of carbonyl (C=O) groups is 2. The monoisotopic (exact) mass is 306 g/mol. The number of hydrogen-bond acceptors (Lipinski definition) is 4. The standard InChI is InChI=1S/C13H13F3O5/c1-2-20-12(19)10-7-9(21-13(14,15)16)5-3-8(10)4-6-11(17)18/h3,5,7H,2,4,6H2,1H3,(H,17,18). The first-order valence-corrected chi connectivity index (χ1v) is 6.00. The topological polar surface area (TPSA) is 72.8 Å². The number of hydrogen-bond donors (Lipinski definition) is 1. The molecule has 0 fully saturated rings. The molecule has 0 saturated heterocycles. The summed E-state index contributed by atoms with van der Waals surface area (Å²) in [6, 6.07) is 3.13. The summed E-state index contributed by atoms with van der Waals surface area (Å²) in [7, 11) is 0. The van der Waals surface area contributed by atoms with Crippen LogP contribution < -0.4 is 4.74 Å². The molecule has 0 heterocycles. The fourth-order valence-electron chi connectivity index (χ4n) is 1.61. The average Bonchev–Trinajstić information content (AvgIpc) is 2.35. The number of carbonyl (C=O) groups excluding carboxylic acids is 1. The van der Waals surface area contributed by atoms with Crippen molar-refractivity contribution in [2.24, 2.45) is 0 Å². The van der Waals surface area contributed by atoms with Crippen LogP contribution in [0.3, 0.4) is 0 Å². The molecule has 0 amide bonds. The second kappa shape index (κ2) is 6.96. The minimum absolute atomic E-state index is 0.00419. The van der Waals surface area contributed by atoms with Crippen LogP contribution in [0.25, 0.3) is 0 Å². The maximum Gasteiger partial charge on any atom is 0.573 e. The van der Waals surface area contributed by atoms with E-state index in [-0.39, 0.29) is 30.6 Å². The average molecular weight is 306 g/mol. The van der Waals surface area contributed by atoms with Gasteiger partial charge in [-0.05, 0) is 31.0 Å². The first-order chi connectivity index (χ1) is 9.73. The largest absolute Gasteiger partial charge is 0.573 e. The van der Waals surface area contributed by atoms with Crippen molar-refractivity contribution < 1.29 is 37.3 Å².